The van der Waals surface area contributed by atoms with Crippen molar-refractivity contribution in [3.8, 4) is 0 Å². The molecule has 5 nitrogen and oxygen atoms in total. The summed E-state index contributed by atoms with van der Waals surface area (Å²) in [6.45, 7) is 0.375. The quantitative estimate of drug-likeness (QED) is 0.673. The molecule has 3 aromatic rings. The van der Waals surface area contributed by atoms with Crippen LogP contribution in [0, 0.1) is 0 Å². The fourth-order valence-corrected chi connectivity index (χ4v) is 2.28. The second kappa shape index (κ2) is 7.07. The number of halogens is 1. The molecule has 116 valence electrons. The molecule has 0 unspecified atom stereocenters. The summed E-state index contributed by atoms with van der Waals surface area (Å²) in [5, 5.41) is 4.69. The van der Waals surface area contributed by atoms with Gasteiger partial charge in [0.25, 0.3) is 0 Å². The third-order valence-corrected chi connectivity index (χ3v) is 3.57. The van der Waals surface area contributed by atoms with E-state index in [1.165, 1.54) is 6.33 Å². The molecule has 0 aliphatic rings. The first-order chi connectivity index (χ1) is 11.2. The summed E-state index contributed by atoms with van der Waals surface area (Å²) in [6.07, 6.45) is 2.54. The molecule has 0 saturated carbocycles. The molecule has 0 aliphatic carbocycles. The zero-order chi connectivity index (χ0) is 16.1. The van der Waals surface area contributed by atoms with E-state index in [1.54, 1.807) is 47.4 Å². The fourth-order valence-electron chi connectivity index (χ4n) is 2.16. The van der Waals surface area contributed by atoms with Crippen molar-refractivity contribution in [3.63, 3.8) is 0 Å². The lowest BCUT2D eigenvalue weighted by Gasteiger charge is -2.18. The van der Waals surface area contributed by atoms with Crippen molar-refractivity contribution in [1.82, 2.24) is 14.8 Å². The molecule has 1 aromatic heterocycles. The molecule has 0 fully saturated rings. The van der Waals surface area contributed by atoms with Gasteiger partial charge in [-0.3, -0.25) is 0 Å². The highest BCUT2D eigenvalue weighted by Crippen LogP contribution is 2.23. The number of benzene rings is 2. The topological polar surface area (TPSA) is 57.0 Å². The Morgan fingerprint density at radius 3 is 2.52 bits per heavy atom. The maximum atomic E-state index is 12.3. The SMILES string of the molecule is O=C(O[C@H](Cn1cncn1)c1ccc(Cl)cc1)c1ccccc1. The predicted octanol–water partition coefficient (Wildman–Crippen LogP) is 3.53. The van der Waals surface area contributed by atoms with E-state index in [1.807, 2.05) is 18.2 Å². The van der Waals surface area contributed by atoms with Crippen LogP contribution in [0.4, 0.5) is 0 Å². The van der Waals surface area contributed by atoms with E-state index in [4.69, 9.17) is 16.3 Å². The van der Waals surface area contributed by atoms with E-state index >= 15 is 0 Å². The Bertz CT molecular complexity index is 758. The van der Waals surface area contributed by atoms with E-state index in [0.717, 1.165) is 5.56 Å². The summed E-state index contributed by atoms with van der Waals surface area (Å²) in [4.78, 5) is 16.2. The number of ether oxygens (including phenoxy) is 1. The lowest BCUT2D eigenvalue weighted by molar-refractivity contribution is 0.0246. The van der Waals surface area contributed by atoms with Crippen molar-refractivity contribution >= 4 is 17.6 Å². The highest BCUT2D eigenvalue weighted by Gasteiger charge is 2.19. The van der Waals surface area contributed by atoms with Gasteiger partial charge in [0.2, 0.25) is 0 Å². The van der Waals surface area contributed by atoms with Gasteiger partial charge in [0, 0.05) is 5.02 Å². The highest BCUT2D eigenvalue weighted by atomic mass is 35.5. The molecule has 0 radical (unpaired) electrons. The number of aromatic nitrogens is 3. The number of nitrogens with zero attached hydrogens (tertiary/aromatic N) is 3. The number of esters is 1. The molecule has 23 heavy (non-hydrogen) atoms. The van der Waals surface area contributed by atoms with Crippen LogP contribution in [0.25, 0.3) is 0 Å². The van der Waals surface area contributed by atoms with Crippen molar-refractivity contribution < 1.29 is 9.53 Å². The number of hydrogen-bond acceptors (Lipinski definition) is 4. The molecule has 0 N–H and O–H groups in total. The standard InChI is InChI=1S/C17H14ClN3O2/c18-15-8-6-13(7-9-15)16(10-21-12-19-11-20-21)23-17(22)14-4-2-1-3-5-14/h1-9,11-12,16H,10H2/t16-/m1/s1. The average molecular weight is 328 g/mol. The molecule has 1 atom stereocenters. The van der Waals surface area contributed by atoms with Crippen molar-refractivity contribution in [2.75, 3.05) is 0 Å². The first-order valence-corrected chi connectivity index (χ1v) is 7.44. The van der Waals surface area contributed by atoms with Crippen LogP contribution in [-0.2, 0) is 11.3 Å². The first-order valence-electron chi connectivity index (χ1n) is 7.06. The van der Waals surface area contributed by atoms with Gasteiger partial charge in [-0.15, -0.1) is 0 Å². The van der Waals surface area contributed by atoms with Gasteiger partial charge in [-0.05, 0) is 29.8 Å². The molecule has 2 aromatic carbocycles. The zero-order valence-electron chi connectivity index (χ0n) is 12.2. The van der Waals surface area contributed by atoms with Crippen LogP contribution in [-0.4, -0.2) is 20.7 Å². The van der Waals surface area contributed by atoms with Gasteiger partial charge in [0.1, 0.15) is 18.8 Å². The predicted molar refractivity (Wildman–Crippen MR) is 86.1 cm³/mol. The van der Waals surface area contributed by atoms with Gasteiger partial charge in [-0.25, -0.2) is 14.5 Å². The molecular formula is C17H14ClN3O2. The van der Waals surface area contributed by atoms with Crippen LogP contribution < -0.4 is 0 Å². The van der Waals surface area contributed by atoms with Crippen molar-refractivity contribution in [2.24, 2.45) is 0 Å². The van der Waals surface area contributed by atoms with Crippen LogP contribution in [0.5, 0.6) is 0 Å². The fraction of sp³-hybridized carbons (Fsp3) is 0.118. The van der Waals surface area contributed by atoms with E-state index in [2.05, 4.69) is 10.1 Å². The van der Waals surface area contributed by atoms with Crippen molar-refractivity contribution in [2.45, 2.75) is 12.6 Å². The molecule has 0 saturated heterocycles. The van der Waals surface area contributed by atoms with Gasteiger partial charge in [-0.2, -0.15) is 5.10 Å². The Labute approximate surface area is 138 Å². The van der Waals surface area contributed by atoms with Crippen molar-refractivity contribution in [1.29, 1.82) is 0 Å². The second-order valence-electron chi connectivity index (χ2n) is 4.93. The molecule has 1 heterocycles. The highest BCUT2D eigenvalue weighted by molar-refractivity contribution is 6.30. The van der Waals surface area contributed by atoms with Crippen LogP contribution in [0.15, 0.2) is 67.3 Å². The number of hydrogen-bond donors (Lipinski definition) is 0. The normalized spacial score (nSPS) is 11.9. The summed E-state index contributed by atoms with van der Waals surface area (Å²) < 4.78 is 7.29. The Kier molecular flexibility index (Phi) is 4.68. The average Bonchev–Trinajstić information content (AvgIpc) is 3.09. The molecule has 6 heteroatoms. The monoisotopic (exact) mass is 327 g/mol. The van der Waals surface area contributed by atoms with Gasteiger partial charge in [0.15, 0.2) is 0 Å². The third kappa shape index (κ3) is 3.96. The maximum absolute atomic E-state index is 12.3. The lowest BCUT2D eigenvalue weighted by atomic mass is 10.1. The summed E-state index contributed by atoms with van der Waals surface area (Å²) >= 11 is 5.93. The summed E-state index contributed by atoms with van der Waals surface area (Å²) in [5.74, 6) is -0.384. The largest absolute Gasteiger partial charge is 0.452 e. The van der Waals surface area contributed by atoms with Crippen LogP contribution in [0.1, 0.15) is 22.0 Å². The Hall–Kier alpha value is -2.66. The Morgan fingerprint density at radius 1 is 1.13 bits per heavy atom. The minimum atomic E-state index is -0.485. The molecule has 0 amide bonds. The van der Waals surface area contributed by atoms with Gasteiger partial charge < -0.3 is 4.74 Å². The molecule has 3 rings (SSSR count). The molecule has 0 aliphatic heterocycles. The van der Waals surface area contributed by atoms with Crippen LogP contribution in [0.2, 0.25) is 5.02 Å². The first kappa shape index (κ1) is 15.2. The number of carbonyl (C=O) groups is 1. The van der Waals surface area contributed by atoms with E-state index in [0.29, 0.717) is 17.1 Å². The smallest absolute Gasteiger partial charge is 0.338 e. The number of rotatable bonds is 5. The van der Waals surface area contributed by atoms with E-state index < -0.39 is 6.10 Å². The Morgan fingerprint density at radius 2 is 1.87 bits per heavy atom. The van der Waals surface area contributed by atoms with Crippen LogP contribution >= 0.6 is 11.6 Å². The van der Waals surface area contributed by atoms with E-state index in [9.17, 15) is 4.79 Å². The lowest BCUT2D eigenvalue weighted by Crippen LogP contribution is -2.17. The third-order valence-electron chi connectivity index (χ3n) is 3.32. The molecule has 0 spiro atoms. The molecule has 0 bridgehead atoms. The Balaban J connectivity index is 1.82. The number of carbonyl (C=O) groups excluding carboxylic acids is 1. The summed E-state index contributed by atoms with van der Waals surface area (Å²) in [6, 6.07) is 16.1. The van der Waals surface area contributed by atoms with Crippen LogP contribution in [0.3, 0.4) is 0 Å². The molecular weight excluding hydrogens is 314 g/mol. The minimum absolute atomic E-state index is 0.375. The minimum Gasteiger partial charge on any atom is -0.452 e. The summed E-state index contributed by atoms with van der Waals surface area (Å²) in [7, 11) is 0. The van der Waals surface area contributed by atoms with Gasteiger partial charge in [-0.1, -0.05) is 41.9 Å². The second-order valence-corrected chi connectivity index (χ2v) is 5.37. The van der Waals surface area contributed by atoms with Crippen molar-refractivity contribution in [3.05, 3.63) is 83.4 Å². The van der Waals surface area contributed by atoms with E-state index in [-0.39, 0.29) is 5.97 Å². The van der Waals surface area contributed by atoms with Gasteiger partial charge >= 0.3 is 5.97 Å². The zero-order valence-corrected chi connectivity index (χ0v) is 12.9. The van der Waals surface area contributed by atoms with Gasteiger partial charge in [0.05, 0.1) is 12.1 Å². The summed E-state index contributed by atoms with van der Waals surface area (Å²) in [5.41, 5.74) is 1.35. The maximum Gasteiger partial charge on any atom is 0.338 e.